The number of aromatic nitrogens is 6. The van der Waals surface area contributed by atoms with E-state index in [4.69, 9.17) is 18.9 Å². The van der Waals surface area contributed by atoms with Crippen LogP contribution in [0.5, 0.6) is 0 Å². The SMILES string of the molecule is COC(=O)C12CCC(c3cn([C@H]4[C@@H](O)[C@@H](CO)O[C@@H](S[C@@H]5COC[C@H](n6cc(-c7ccccc7)nn6)[C@H]5O)[C@@H]4OC)nn3)(CC1)CC2. The summed E-state index contributed by atoms with van der Waals surface area (Å²) in [5, 5.41) is 50.4. The molecule has 0 spiro atoms. The standard InChI is InChI=1S/C32H42N6O8S/c1-43-28-25(38-15-24(34-36-38)31-8-11-32(12-9-31,13-10-31)30(42)44-2)27(41)22(16-39)46-29(28)47-23-18-45-17-21(26(23)40)37-14-20(33-35-37)19-6-4-3-5-7-19/h3-7,14-15,21-23,25-29,39-41H,8-13,16-18H2,1-2H3/t21-,22+,23+,25-,26+,27-,28+,29-,31?,32?/m0/s1. The third-order valence-corrected chi connectivity index (χ3v) is 12.3. The van der Waals surface area contributed by atoms with Gasteiger partial charge in [0.05, 0.1) is 55.6 Å². The van der Waals surface area contributed by atoms with Crippen molar-refractivity contribution in [3.8, 4) is 11.3 Å². The van der Waals surface area contributed by atoms with Gasteiger partial charge >= 0.3 is 5.97 Å². The maximum atomic E-state index is 12.5. The van der Waals surface area contributed by atoms with Crippen molar-refractivity contribution in [1.82, 2.24) is 30.0 Å². The number of fused-ring (bicyclic) bond motifs is 3. The molecule has 0 unspecified atom stereocenters. The third-order valence-electron chi connectivity index (χ3n) is 10.9. The van der Waals surface area contributed by atoms with Crippen molar-refractivity contribution < 1.29 is 39.1 Å². The summed E-state index contributed by atoms with van der Waals surface area (Å²) in [6.45, 7) is 0.110. The van der Waals surface area contributed by atoms with Gasteiger partial charge in [0, 0.05) is 24.3 Å². The van der Waals surface area contributed by atoms with E-state index in [0.717, 1.165) is 49.8 Å². The number of esters is 1. The van der Waals surface area contributed by atoms with Crippen molar-refractivity contribution >= 4 is 17.7 Å². The summed E-state index contributed by atoms with van der Waals surface area (Å²) in [4.78, 5) is 12.5. The molecule has 5 fully saturated rings. The zero-order valence-electron chi connectivity index (χ0n) is 26.5. The molecule has 4 heterocycles. The van der Waals surface area contributed by atoms with Gasteiger partial charge in [0.15, 0.2) is 0 Å². The van der Waals surface area contributed by atoms with Crippen LogP contribution in [0.3, 0.4) is 0 Å². The molecule has 8 atom stereocenters. The van der Waals surface area contributed by atoms with Gasteiger partial charge in [-0.05, 0) is 38.5 Å². The van der Waals surface area contributed by atoms with Crippen LogP contribution in [0.1, 0.15) is 56.3 Å². The molecule has 2 bridgehead atoms. The maximum absolute atomic E-state index is 12.5. The Morgan fingerprint density at radius 2 is 1.70 bits per heavy atom. The van der Waals surface area contributed by atoms with E-state index in [1.807, 2.05) is 36.5 Å². The molecule has 5 aliphatic rings. The number of benzene rings is 1. The van der Waals surface area contributed by atoms with E-state index < -0.39 is 59.2 Å². The van der Waals surface area contributed by atoms with Gasteiger partial charge in [0.1, 0.15) is 41.5 Å². The molecule has 14 nitrogen and oxygen atoms in total. The molecule has 3 aromatic rings. The lowest BCUT2D eigenvalue weighted by molar-refractivity contribution is -0.186. The average Bonchev–Trinajstić information content (AvgIpc) is 3.82. The van der Waals surface area contributed by atoms with Crippen molar-refractivity contribution in [3.63, 3.8) is 0 Å². The summed E-state index contributed by atoms with van der Waals surface area (Å²) in [5.41, 5.74) is 1.16. The predicted molar refractivity (Wildman–Crippen MR) is 168 cm³/mol. The van der Waals surface area contributed by atoms with E-state index in [9.17, 15) is 20.1 Å². The van der Waals surface area contributed by atoms with E-state index in [1.165, 1.54) is 18.9 Å². The van der Waals surface area contributed by atoms with Crippen molar-refractivity contribution in [2.75, 3.05) is 34.0 Å². The van der Waals surface area contributed by atoms with Crippen LogP contribution in [0.25, 0.3) is 11.3 Å². The number of nitrogens with zero attached hydrogens (tertiary/aromatic N) is 6. The van der Waals surface area contributed by atoms with Crippen LogP contribution in [0.4, 0.5) is 0 Å². The number of aliphatic hydroxyl groups excluding tert-OH is 3. The lowest BCUT2D eigenvalue weighted by Crippen LogP contribution is -2.57. The number of thioether (sulfide) groups is 1. The summed E-state index contributed by atoms with van der Waals surface area (Å²) in [6.07, 6.45) is 4.73. The first-order chi connectivity index (χ1) is 22.8. The fourth-order valence-electron chi connectivity index (χ4n) is 7.94. The topological polar surface area (TPSA) is 176 Å². The molecule has 0 amide bonds. The highest BCUT2D eigenvalue weighted by Crippen LogP contribution is 2.58. The summed E-state index contributed by atoms with van der Waals surface area (Å²) >= 11 is 1.34. The molecule has 3 aliphatic carbocycles. The molecule has 1 aromatic carbocycles. The van der Waals surface area contributed by atoms with Gasteiger partial charge in [0.25, 0.3) is 0 Å². The summed E-state index contributed by atoms with van der Waals surface area (Å²) in [6, 6.07) is 8.50. The highest BCUT2D eigenvalue weighted by Gasteiger charge is 2.55. The first-order valence-corrected chi connectivity index (χ1v) is 17.1. The Balaban J connectivity index is 1.09. The number of methoxy groups -OCH3 is 2. The van der Waals surface area contributed by atoms with Crippen LogP contribution in [0.2, 0.25) is 0 Å². The number of hydrogen-bond acceptors (Lipinski definition) is 13. The Bertz CT molecular complexity index is 1510. The summed E-state index contributed by atoms with van der Waals surface area (Å²) in [5.74, 6) is -0.126. The smallest absolute Gasteiger partial charge is 0.311 e. The lowest BCUT2D eigenvalue weighted by atomic mass is 9.53. The minimum Gasteiger partial charge on any atom is -0.469 e. The fraction of sp³-hybridized carbons (Fsp3) is 0.656. The molecule has 254 valence electrons. The average molecular weight is 671 g/mol. The molecular formula is C32H42N6O8S. The van der Waals surface area contributed by atoms with Gasteiger partial charge in [-0.25, -0.2) is 9.36 Å². The fourth-order valence-corrected chi connectivity index (χ4v) is 9.43. The van der Waals surface area contributed by atoms with Crippen molar-refractivity contribution in [3.05, 3.63) is 48.4 Å². The molecule has 2 aromatic heterocycles. The molecule has 15 heteroatoms. The van der Waals surface area contributed by atoms with Crippen LogP contribution >= 0.6 is 11.8 Å². The second-order valence-corrected chi connectivity index (χ2v) is 14.6. The first-order valence-electron chi connectivity index (χ1n) is 16.2. The van der Waals surface area contributed by atoms with Crippen molar-refractivity contribution in [1.29, 1.82) is 0 Å². The second-order valence-electron chi connectivity index (χ2n) is 13.3. The molecule has 2 saturated heterocycles. The van der Waals surface area contributed by atoms with Gasteiger partial charge in [-0.3, -0.25) is 4.79 Å². The highest BCUT2D eigenvalue weighted by atomic mass is 32.2. The zero-order valence-corrected chi connectivity index (χ0v) is 27.3. The third kappa shape index (κ3) is 5.79. The van der Waals surface area contributed by atoms with Crippen LogP contribution in [-0.4, -0.2) is 120 Å². The van der Waals surface area contributed by atoms with Gasteiger partial charge in [-0.1, -0.05) is 40.8 Å². The van der Waals surface area contributed by atoms with Crippen LogP contribution in [0.15, 0.2) is 42.7 Å². The monoisotopic (exact) mass is 670 g/mol. The number of aliphatic hydroxyl groups is 3. The Morgan fingerprint density at radius 1 is 0.979 bits per heavy atom. The molecule has 3 saturated carbocycles. The molecule has 47 heavy (non-hydrogen) atoms. The zero-order chi connectivity index (χ0) is 32.8. The molecule has 8 rings (SSSR count). The van der Waals surface area contributed by atoms with E-state index in [0.29, 0.717) is 5.69 Å². The highest BCUT2D eigenvalue weighted by molar-refractivity contribution is 8.00. The second kappa shape index (κ2) is 13.2. The molecular weight excluding hydrogens is 628 g/mol. The Hall–Kier alpha value is -2.92. The maximum Gasteiger partial charge on any atom is 0.311 e. The molecule has 3 N–H and O–H groups in total. The van der Waals surface area contributed by atoms with Gasteiger partial charge < -0.3 is 34.3 Å². The van der Waals surface area contributed by atoms with E-state index in [1.54, 1.807) is 22.7 Å². The van der Waals surface area contributed by atoms with Gasteiger partial charge in [0.2, 0.25) is 0 Å². The quantitative estimate of drug-likeness (QED) is 0.281. The number of rotatable bonds is 9. The van der Waals surface area contributed by atoms with E-state index >= 15 is 0 Å². The summed E-state index contributed by atoms with van der Waals surface area (Å²) in [7, 11) is 3.00. The van der Waals surface area contributed by atoms with Crippen molar-refractivity contribution in [2.24, 2.45) is 5.41 Å². The largest absolute Gasteiger partial charge is 0.469 e. The van der Waals surface area contributed by atoms with Gasteiger partial charge in [-0.15, -0.1) is 22.0 Å². The molecule has 2 aliphatic heterocycles. The van der Waals surface area contributed by atoms with Crippen LogP contribution in [-0.2, 0) is 29.2 Å². The van der Waals surface area contributed by atoms with Gasteiger partial charge in [-0.2, -0.15) is 0 Å². The minimum atomic E-state index is -1.13. The van der Waals surface area contributed by atoms with E-state index in [-0.39, 0.29) is 24.6 Å². The number of hydrogen-bond donors (Lipinski definition) is 3. The van der Waals surface area contributed by atoms with Crippen LogP contribution in [0, 0.1) is 5.41 Å². The first kappa shape index (κ1) is 32.6. The summed E-state index contributed by atoms with van der Waals surface area (Å²) < 4.78 is 26.5. The lowest BCUT2D eigenvalue weighted by Gasteiger charge is -2.50. The number of ether oxygens (including phenoxy) is 4. The van der Waals surface area contributed by atoms with E-state index in [2.05, 4.69) is 20.6 Å². The minimum absolute atomic E-state index is 0.126. The molecule has 0 radical (unpaired) electrons. The Labute approximate surface area is 276 Å². The van der Waals surface area contributed by atoms with Crippen molar-refractivity contribution in [2.45, 2.75) is 91.1 Å². The Morgan fingerprint density at radius 3 is 2.38 bits per heavy atom. The predicted octanol–water partition coefficient (Wildman–Crippen LogP) is 1.67. The number of carbonyl (C=O) groups excluding carboxylic acids is 1. The van der Waals surface area contributed by atoms with Crippen LogP contribution < -0.4 is 0 Å². The Kier molecular flexibility index (Phi) is 9.15. The number of carbonyl (C=O) groups is 1. The normalized spacial score (nSPS) is 37.1.